The van der Waals surface area contributed by atoms with E-state index in [2.05, 4.69) is 5.32 Å². The minimum Gasteiger partial charge on any atom is -0.308 e. The zero-order chi connectivity index (χ0) is 13.6. The summed E-state index contributed by atoms with van der Waals surface area (Å²) in [5.74, 6) is -0.419. The van der Waals surface area contributed by atoms with Crippen LogP contribution in [-0.4, -0.2) is 22.7 Å². The lowest BCUT2D eigenvalue weighted by molar-refractivity contribution is -0.116. The van der Waals surface area contributed by atoms with Crippen molar-refractivity contribution in [2.75, 3.05) is 11.4 Å². The second kappa shape index (κ2) is 4.47. The van der Waals surface area contributed by atoms with E-state index in [0.717, 1.165) is 23.0 Å². The van der Waals surface area contributed by atoms with Crippen molar-refractivity contribution >= 4 is 51.4 Å². The third-order valence-electron chi connectivity index (χ3n) is 3.08. The van der Waals surface area contributed by atoms with Crippen molar-refractivity contribution in [1.82, 2.24) is 5.32 Å². The van der Waals surface area contributed by atoms with E-state index in [9.17, 15) is 9.59 Å². The molecular formula is C13H10N2O2S2. The Kier molecular flexibility index (Phi) is 2.91. The van der Waals surface area contributed by atoms with Crippen LogP contribution in [0.25, 0.3) is 5.57 Å². The number of thiocarbonyl (C=S) groups is 1. The zero-order valence-electron chi connectivity index (χ0n) is 10.1. The summed E-state index contributed by atoms with van der Waals surface area (Å²) < 4.78 is 0.396. The number of nitrogens with zero attached hydrogens (tertiary/aromatic N) is 1. The number of carbonyl (C=O) groups is 2. The number of likely N-dealkylation sites (N-methyl/N-ethyl adjacent to an activating group) is 1. The highest BCUT2D eigenvalue weighted by Gasteiger charge is 2.38. The third-order valence-corrected chi connectivity index (χ3v) is 4.32. The van der Waals surface area contributed by atoms with Gasteiger partial charge in [-0.1, -0.05) is 42.2 Å². The van der Waals surface area contributed by atoms with Gasteiger partial charge < -0.3 is 10.2 Å². The number of rotatable bonds is 1. The number of anilines is 1. The molecule has 0 radical (unpaired) electrons. The number of hydrogen-bond acceptors (Lipinski definition) is 4. The minimum absolute atomic E-state index is 0.133. The summed E-state index contributed by atoms with van der Waals surface area (Å²) in [5.41, 5.74) is 2.11. The molecule has 1 aromatic rings. The minimum atomic E-state index is -0.286. The van der Waals surface area contributed by atoms with Crippen LogP contribution in [0.15, 0.2) is 29.2 Å². The van der Waals surface area contributed by atoms with Crippen molar-refractivity contribution < 1.29 is 9.59 Å². The van der Waals surface area contributed by atoms with Crippen LogP contribution in [0.5, 0.6) is 0 Å². The van der Waals surface area contributed by atoms with Crippen LogP contribution in [0, 0.1) is 0 Å². The SMILES string of the molecule is CCN1C(=O)/C(=C2/SC(=S)NC2=O)c2ccccc21. The van der Waals surface area contributed by atoms with Gasteiger partial charge in [-0.05, 0) is 13.0 Å². The third kappa shape index (κ3) is 1.79. The number of nitrogens with one attached hydrogen (secondary N) is 1. The van der Waals surface area contributed by atoms with E-state index in [-0.39, 0.29) is 11.8 Å². The highest BCUT2D eigenvalue weighted by atomic mass is 32.2. The summed E-state index contributed by atoms with van der Waals surface area (Å²) in [4.78, 5) is 26.4. The lowest BCUT2D eigenvalue weighted by atomic mass is 10.1. The molecule has 2 heterocycles. The number of fused-ring (bicyclic) bond motifs is 1. The number of benzene rings is 1. The fourth-order valence-corrected chi connectivity index (χ4v) is 3.41. The van der Waals surface area contributed by atoms with Gasteiger partial charge in [-0.25, -0.2) is 0 Å². The maximum absolute atomic E-state index is 12.5. The van der Waals surface area contributed by atoms with Crippen molar-refractivity contribution in [2.24, 2.45) is 0 Å². The lowest BCUT2D eigenvalue weighted by Crippen LogP contribution is -2.26. The second-order valence-electron chi connectivity index (χ2n) is 4.11. The maximum atomic E-state index is 12.5. The molecule has 0 saturated carbocycles. The van der Waals surface area contributed by atoms with Crippen LogP contribution in [0.2, 0.25) is 0 Å². The van der Waals surface area contributed by atoms with Gasteiger partial charge in [0, 0.05) is 12.1 Å². The molecule has 3 rings (SSSR count). The average molecular weight is 290 g/mol. The Morgan fingerprint density at radius 2 is 2.05 bits per heavy atom. The Bertz CT molecular complexity index is 652. The topological polar surface area (TPSA) is 49.4 Å². The summed E-state index contributed by atoms with van der Waals surface area (Å²) in [5, 5.41) is 2.55. The number of carbonyl (C=O) groups excluding carboxylic acids is 2. The predicted octanol–water partition coefficient (Wildman–Crippen LogP) is 1.91. The molecule has 19 heavy (non-hydrogen) atoms. The Morgan fingerprint density at radius 1 is 1.32 bits per heavy atom. The fraction of sp³-hybridized carbons (Fsp3) is 0.154. The van der Waals surface area contributed by atoms with E-state index in [1.165, 1.54) is 0 Å². The quantitative estimate of drug-likeness (QED) is 0.634. The van der Waals surface area contributed by atoms with Crippen LogP contribution in [0.4, 0.5) is 5.69 Å². The van der Waals surface area contributed by atoms with E-state index >= 15 is 0 Å². The van der Waals surface area contributed by atoms with Gasteiger partial charge in [-0.15, -0.1) is 0 Å². The van der Waals surface area contributed by atoms with E-state index in [1.54, 1.807) is 4.90 Å². The molecule has 2 aliphatic heterocycles. The number of thioether (sulfide) groups is 1. The predicted molar refractivity (Wildman–Crippen MR) is 79.7 cm³/mol. The van der Waals surface area contributed by atoms with E-state index in [4.69, 9.17) is 12.2 Å². The van der Waals surface area contributed by atoms with Crippen molar-refractivity contribution in [3.05, 3.63) is 34.7 Å². The molecule has 0 unspecified atom stereocenters. The standard InChI is InChI=1S/C13H10N2O2S2/c1-2-15-8-6-4-3-5-7(8)9(12(15)17)10-11(16)14-13(18)19-10/h3-6H,2H2,1H3,(H,14,16,18)/b10-9+. The first-order chi connectivity index (χ1) is 9.13. The molecule has 1 saturated heterocycles. The van der Waals surface area contributed by atoms with E-state index < -0.39 is 0 Å². The summed E-state index contributed by atoms with van der Waals surface area (Å²) >= 11 is 6.13. The average Bonchev–Trinajstić information content (AvgIpc) is 2.85. The summed E-state index contributed by atoms with van der Waals surface area (Å²) in [6, 6.07) is 7.50. The first-order valence-corrected chi connectivity index (χ1v) is 7.04. The summed E-state index contributed by atoms with van der Waals surface area (Å²) in [7, 11) is 0. The molecule has 0 aliphatic carbocycles. The van der Waals surface area contributed by atoms with Crippen LogP contribution in [0.3, 0.4) is 0 Å². The molecule has 6 heteroatoms. The normalized spacial score (nSPS) is 21.9. The second-order valence-corrected chi connectivity index (χ2v) is 5.80. The first kappa shape index (κ1) is 12.4. The molecule has 0 aromatic heterocycles. The highest BCUT2D eigenvalue weighted by Crippen LogP contribution is 2.42. The smallest absolute Gasteiger partial charge is 0.264 e. The van der Waals surface area contributed by atoms with Gasteiger partial charge in [0.05, 0.1) is 16.2 Å². The molecule has 2 amide bonds. The Hall–Kier alpha value is -1.66. The van der Waals surface area contributed by atoms with Crippen LogP contribution in [-0.2, 0) is 9.59 Å². The largest absolute Gasteiger partial charge is 0.308 e. The van der Waals surface area contributed by atoms with Gasteiger partial charge in [0.1, 0.15) is 4.32 Å². The van der Waals surface area contributed by atoms with Gasteiger partial charge in [0.15, 0.2) is 0 Å². The Morgan fingerprint density at radius 3 is 2.68 bits per heavy atom. The number of hydrogen-bond donors (Lipinski definition) is 1. The lowest BCUT2D eigenvalue weighted by Gasteiger charge is -2.13. The highest BCUT2D eigenvalue weighted by molar-refractivity contribution is 8.27. The molecule has 0 spiro atoms. The van der Waals surface area contributed by atoms with E-state index in [1.807, 2.05) is 31.2 Å². The zero-order valence-corrected chi connectivity index (χ0v) is 11.7. The van der Waals surface area contributed by atoms with E-state index in [0.29, 0.717) is 21.3 Å². The molecule has 2 aliphatic rings. The summed E-state index contributed by atoms with van der Waals surface area (Å²) in [6.45, 7) is 2.48. The Balaban J connectivity index is 2.23. The molecule has 1 N–H and O–H groups in total. The van der Waals surface area contributed by atoms with Gasteiger partial charge in [-0.2, -0.15) is 0 Å². The summed E-state index contributed by atoms with van der Waals surface area (Å²) in [6.07, 6.45) is 0. The van der Waals surface area contributed by atoms with Crippen molar-refractivity contribution in [1.29, 1.82) is 0 Å². The molecule has 0 atom stereocenters. The first-order valence-electron chi connectivity index (χ1n) is 5.82. The van der Waals surface area contributed by atoms with Crippen molar-refractivity contribution in [3.8, 4) is 0 Å². The molecule has 4 nitrogen and oxygen atoms in total. The molecule has 0 bridgehead atoms. The molecular weight excluding hydrogens is 280 g/mol. The molecule has 1 fully saturated rings. The monoisotopic (exact) mass is 290 g/mol. The van der Waals surface area contributed by atoms with Gasteiger partial charge in [0.25, 0.3) is 11.8 Å². The van der Waals surface area contributed by atoms with Gasteiger partial charge >= 0.3 is 0 Å². The van der Waals surface area contributed by atoms with Gasteiger partial charge in [-0.3, -0.25) is 9.59 Å². The fourth-order valence-electron chi connectivity index (χ4n) is 2.29. The van der Waals surface area contributed by atoms with Crippen molar-refractivity contribution in [2.45, 2.75) is 6.92 Å². The van der Waals surface area contributed by atoms with Gasteiger partial charge in [0.2, 0.25) is 0 Å². The molecule has 1 aromatic carbocycles. The molecule has 96 valence electrons. The van der Waals surface area contributed by atoms with Crippen LogP contribution >= 0.6 is 24.0 Å². The number of amides is 2. The van der Waals surface area contributed by atoms with Crippen LogP contribution < -0.4 is 10.2 Å². The Labute approximate surface area is 119 Å². The van der Waals surface area contributed by atoms with Crippen LogP contribution in [0.1, 0.15) is 12.5 Å². The van der Waals surface area contributed by atoms with Crippen molar-refractivity contribution in [3.63, 3.8) is 0 Å². The maximum Gasteiger partial charge on any atom is 0.264 e. The number of para-hydroxylation sites is 1.